The molecule has 9 heteroatoms. The second-order valence-electron chi connectivity index (χ2n) is 8.17. The lowest BCUT2D eigenvalue weighted by atomic mass is 10.1. The number of hydrogen-bond acceptors (Lipinski definition) is 7. The Morgan fingerprint density at radius 2 is 1.52 bits per heavy atom. The highest BCUT2D eigenvalue weighted by Gasteiger charge is 2.19. The summed E-state index contributed by atoms with van der Waals surface area (Å²) in [6.07, 6.45) is 4.92. The Labute approximate surface area is 193 Å². The first kappa shape index (κ1) is 21.5. The van der Waals surface area contributed by atoms with Crippen molar-refractivity contribution in [3.05, 3.63) is 54.6 Å². The van der Waals surface area contributed by atoms with Gasteiger partial charge in [0.25, 0.3) is 10.0 Å². The minimum absolute atomic E-state index is 0.116. The fourth-order valence-corrected chi connectivity index (χ4v) is 5.14. The van der Waals surface area contributed by atoms with Crippen LogP contribution in [0.2, 0.25) is 0 Å². The van der Waals surface area contributed by atoms with Gasteiger partial charge in [0.15, 0.2) is 17.3 Å². The first-order valence-electron chi connectivity index (χ1n) is 11.2. The molecule has 0 unspecified atom stereocenters. The highest BCUT2D eigenvalue weighted by atomic mass is 32.2. The molecule has 0 spiro atoms. The Balaban J connectivity index is 1.28. The molecule has 1 N–H and O–H groups in total. The van der Waals surface area contributed by atoms with E-state index in [1.807, 2.05) is 24.3 Å². The molecule has 1 fully saturated rings. The normalized spacial score (nSPS) is 16.2. The molecule has 3 heterocycles. The molecule has 1 aromatic heterocycles. The molecule has 172 valence electrons. The number of aromatic nitrogens is 2. The monoisotopic (exact) mass is 466 g/mol. The van der Waals surface area contributed by atoms with Gasteiger partial charge in [0, 0.05) is 30.4 Å². The van der Waals surface area contributed by atoms with Gasteiger partial charge in [-0.2, -0.15) is 0 Å². The van der Waals surface area contributed by atoms with Crippen LogP contribution >= 0.6 is 0 Å². The third kappa shape index (κ3) is 4.88. The molecule has 0 aliphatic carbocycles. The summed E-state index contributed by atoms with van der Waals surface area (Å²) >= 11 is 0. The van der Waals surface area contributed by atoms with Crippen molar-refractivity contribution in [3.63, 3.8) is 0 Å². The Bertz CT molecular complexity index is 1210. The average Bonchev–Trinajstić information content (AvgIpc) is 3.14. The van der Waals surface area contributed by atoms with Crippen LogP contribution < -0.4 is 19.1 Å². The third-order valence-corrected chi connectivity index (χ3v) is 7.22. The van der Waals surface area contributed by atoms with Gasteiger partial charge in [0.1, 0.15) is 13.2 Å². The van der Waals surface area contributed by atoms with Crippen LogP contribution in [0.5, 0.6) is 11.5 Å². The summed E-state index contributed by atoms with van der Waals surface area (Å²) in [5.41, 5.74) is 2.07. The van der Waals surface area contributed by atoms with E-state index in [9.17, 15) is 8.42 Å². The van der Waals surface area contributed by atoms with Gasteiger partial charge < -0.3 is 14.4 Å². The topological polar surface area (TPSA) is 93.7 Å². The SMILES string of the molecule is O=S(=O)(Nc1ccc(-c2ccc(N3CCCCCC3)nn2)cc1)c1ccc2c(c1)OCCO2. The van der Waals surface area contributed by atoms with Crippen LogP contribution in [-0.4, -0.2) is 44.9 Å². The van der Waals surface area contributed by atoms with Crippen LogP contribution in [0.4, 0.5) is 11.5 Å². The lowest BCUT2D eigenvalue weighted by Crippen LogP contribution is -2.25. The zero-order chi connectivity index (χ0) is 22.7. The van der Waals surface area contributed by atoms with Crippen molar-refractivity contribution in [3.8, 4) is 22.8 Å². The molecule has 2 aromatic carbocycles. The number of nitrogens with one attached hydrogen (secondary N) is 1. The van der Waals surface area contributed by atoms with E-state index in [0.29, 0.717) is 30.4 Å². The van der Waals surface area contributed by atoms with E-state index in [0.717, 1.165) is 30.2 Å². The number of fused-ring (bicyclic) bond motifs is 1. The fourth-order valence-electron chi connectivity index (χ4n) is 4.06. The van der Waals surface area contributed by atoms with Gasteiger partial charge in [-0.25, -0.2) is 8.42 Å². The number of sulfonamides is 1. The maximum absolute atomic E-state index is 12.8. The molecule has 8 nitrogen and oxygen atoms in total. The van der Waals surface area contributed by atoms with Gasteiger partial charge in [-0.1, -0.05) is 25.0 Å². The molecule has 0 bridgehead atoms. The first-order chi connectivity index (χ1) is 16.1. The van der Waals surface area contributed by atoms with Crippen molar-refractivity contribution in [2.45, 2.75) is 30.6 Å². The van der Waals surface area contributed by atoms with Gasteiger partial charge in [-0.05, 0) is 49.2 Å². The van der Waals surface area contributed by atoms with Gasteiger partial charge in [0.2, 0.25) is 0 Å². The van der Waals surface area contributed by atoms with Crippen molar-refractivity contribution >= 4 is 21.5 Å². The van der Waals surface area contributed by atoms with E-state index in [1.54, 1.807) is 18.2 Å². The molecule has 0 atom stereocenters. The molecule has 0 amide bonds. The maximum Gasteiger partial charge on any atom is 0.262 e. The van der Waals surface area contributed by atoms with E-state index in [1.165, 1.54) is 37.8 Å². The quantitative estimate of drug-likeness (QED) is 0.605. The highest BCUT2D eigenvalue weighted by molar-refractivity contribution is 7.92. The number of ether oxygens (including phenoxy) is 2. The van der Waals surface area contributed by atoms with E-state index in [2.05, 4.69) is 19.8 Å². The lowest BCUT2D eigenvalue weighted by molar-refractivity contribution is 0.171. The summed E-state index contributed by atoms with van der Waals surface area (Å²) in [7, 11) is -3.76. The van der Waals surface area contributed by atoms with E-state index >= 15 is 0 Å². The smallest absolute Gasteiger partial charge is 0.262 e. The van der Waals surface area contributed by atoms with Gasteiger partial charge in [-0.3, -0.25) is 4.72 Å². The molecule has 0 saturated carbocycles. The number of anilines is 2. The minimum Gasteiger partial charge on any atom is -0.486 e. The predicted octanol–water partition coefficient (Wildman–Crippen LogP) is 4.10. The number of rotatable bonds is 5. The standard InChI is InChI=1S/C24H26N4O4S/c29-33(30,20-9-11-22-23(17-20)32-16-15-31-22)27-19-7-5-18(6-8-19)21-10-12-24(26-25-21)28-13-3-1-2-4-14-28/h5-12,17,27H,1-4,13-16H2. The van der Waals surface area contributed by atoms with Crippen LogP contribution in [0.3, 0.4) is 0 Å². The predicted molar refractivity (Wildman–Crippen MR) is 126 cm³/mol. The summed E-state index contributed by atoms with van der Waals surface area (Å²) in [6.45, 7) is 2.89. The number of hydrogen-bond donors (Lipinski definition) is 1. The van der Waals surface area contributed by atoms with Crippen molar-refractivity contribution in [2.24, 2.45) is 0 Å². The number of nitrogens with zero attached hydrogens (tertiary/aromatic N) is 3. The van der Waals surface area contributed by atoms with E-state index in [4.69, 9.17) is 9.47 Å². The second-order valence-corrected chi connectivity index (χ2v) is 9.85. The highest BCUT2D eigenvalue weighted by Crippen LogP contribution is 2.33. The first-order valence-corrected chi connectivity index (χ1v) is 12.7. The van der Waals surface area contributed by atoms with E-state index in [-0.39, 0.29) is 4.90 Å². The molecular weight excluding hydrogens is 440 g/mol. The molecular formula is C24H26N4O4S. The lowest BCUT2D eigenvalue weighted by Gasteiger charge is -2.20. The second kappa shape index (κ2) is 9.27. The van der Waals surface area contributed by atoms with Crippen LogP contribution in [0.25, 0.3) is 11.3 Å². The Morgan fingerprint density at radius 3 is 2.21 bits per heavy atom. The van der Waals surface area contributed by atoms with Crippen LogP contribution in [0.1, 0.15) is 25.7 Å². The van der Waals surface area contributed by atoms with Crippen molar-refractivity contribution in [2.75, 3.05) is 35.9 Å². The molecule has 0 radical (unpaired) electrons. The molecule has 5 rings (SSSR count). The van der Waals surface area contributed by atoms with Crippen LogP contribution in [0.15, 0.2) is 59.5 Å². The van der Waals surface area contributed by atoms with Crippen molar-refractivity contribution in [1.82, 2.24) is 10.2 Å². The molecule has 3 aromatic rings. The summed E-state index contributed by atoms with van der Waals surface area (Å²) in [5.74, 6) is 1.89. The fraction of sp³-hybridized carbons (Fsp3) is 0.333. The van der Waals surface area contributed by atoms with Gasteiger partial charge >= 0.3 is 0 Å². The zero-order valence-corrected chi connectivity index (χ0v) is 19.1. The van der Waals surface area contributed by atoms with Crippen molar-refractivity contribution in [1.29, 1.82) is 0 Å². The van der Waals surface area contributed by atoms with E-state index < -0.39 is 10.0 Å². The summed E-state index contributed by atoms with van der Waals surface area (Å²) < 4.78 is 39.2. The largest absolute Gasteiger partial charge is 0.486 e. The molecule has 2 aliphatic heterocycles. The molecule has 33 heavy (non-hydrogen) atoms. The average molecular weight is 467 g/mol. The zero-order valence-electron chi connectivity index (χ0n) is 18.2. The minimum atomic E-state index is -3.76. The maximum atomic E-state index is 12.8. The summed E-state index contributed by atoms with van der Waals surface area (Å²) in [6, 6.07) is 15.7. The Kier molecular flexibility index (Phi) is 6.04. The third-order valence-electron chi connectivity index (χ3n) is 5.84. The summed E-state index contributed by atoms with van der Waals surface area (Å²) in [4.78, 5) is 2.41. The Morgan fingerprint density at radius 1 is 0.788 bits per heavy atom. The molecule has 1 saturated heterocycles. The van der Waals surface area contributed by atoms with Crippen LogP contribution in [-0.2, 0) is 10.0 Å². The van der Waals surface area contributed by atoms with Gasteiger partial charge in [0.05, 0.1) is 10.6 Å². The summed E-state index contributed by atoms with van der Waals surface area (Å²) in [5, 5.41) is 8.81. The molecule has 2 aliphatic rings. The Hall–Kier alpha value is -3.33. The van der Waals surface area contributed by atoms with Crippen molar-refractivity contribution < 1.29 is 17.9 Å². The number of benzene rings is 2. The van der Waals surface area contributed by atoms with Gasteiger partial charge in [-0.15, -0.1) is 10.2 Å². The van der Waals surface area contributed by atoms with Crippen LogP contribution in [0, 0.1) is 0 Å².